The molecule has 3 rings (SSSR count). The summed E-state index contributed by atoms with van der Waals surface area (Å²) in [4.78, 5) is 20.6. The van der Waals surface area contributed by atoms with Gasteiger partial charge in [0.25, 0.3) is 0 Å². The molecule has 0 fully saturated rings. The van der Waals surface area contributed by atoms with Crippen molar-refractivity contribution < 1.29 is 13.6 Å². The SMILES string of the molecule is O=C(CSc1nccc(-c2cc(Cl)cc(Cl)c2)n1)c1ccc(F)cc1F. The molecule has 2 aromatic carbocycles. The first-order chi connectivity index (χ1) is 12.4. The van der Waals surface area contributed by atoms with Gasteiger partial charge >= 0.3 is 0 Å². The molecule has 0 atom stereocenters. The molecule has 0 radical (unpaired) electrons. The number of hydrogen-bond donors (Lipinski definition) is 0. The minimum atomic E-state index is -0.890. The van der Waals surface area contributed by atoms with Gasteiger partial charge in [0, 0.05) is 27.9 Å². The lowest BCUT2D eigenvalue weighted by Gasteiger charge is -2.05. The van der Waals surface area contributed by atoms with Crippen LogP contribution in [0.5, 0.6) is 0 Å². The standard InChI is InChI=1S/C18H10Cl2F2N2OS/c19-11-5-10(6-12(20)7-11)16-3-4-23-18(24-16)26-9-17(25)14-2-1-13(21)8-15(14)22/h1-8H,9H2. The molecule has 3 nitrogen and oxygen atoms in total. The summed E-state index contributed by atoms with van der Waals surface area (Å²) in [5.74, 6) is -2.18. The average Bonchev–Trinajstić information content (AvgIpc) is 2.59. The van der Waals surface area contributed by atoms with Crippen molar-refractivity contribution in [3.63, 3.8) is 0 Å². The first-order valence-corrected chi connectivity index (χ1v) is 9.07. The topological polar surface area (TPSA) is 42.9 Å². The fourth-order valence-corrected chi connectivity index (χ4v) is 3.44. The zero-order valence-corrected chi connectivity index (χ0v) is 15.4. The molecule has 0 bridgehead atoms. The number of hydrogen-bond acceptors (Lipinski definition) is 4. The Kier molecular flexibility index (Phi) is 5.86. The third kappa shape index (κ3) is 4.58. The largest absolute Gasteiger partial charge is 0.293 e. The number of Topliss-reactive ketones (excluding diaryl/α,β-unsaturated/α-hetero) is 1. The van der Waals surface area contributed by atoms with Crippen LogP contribution >= 0.6 is 35.0 Å². The normalized spacial score (nSPS) is 10.8. The van der Waals surface area contributed by atoms with Crippen LogP contribution in [0.4, 0.5) is 8.78 Å². The van der Waals surface area contributed by atoms with E-state index in [1.54, 1.807) is 30.5 Å². The minimum Gasteiger partial charge on any atom is -0.293 e. The summed E-state index contributed by atoms with van der Waals surface area (Å²) in [5.41, 5.74) is 1.13. The van der Waals surface area contributed by atoms with E-state index in [0.717, 1.165) is 23.9 Å². The smallest absolute Gasteiger partial charge is 0.188 e. The van der Waals surface area contributed by atoms with Gasteiger partial charge in [-0.05, 0) is 36.4 Å². The van der Waals surface area contributed by atoms with E-state index in [1.807, 2.05) is 0 Å². The Morgan fingerprint density at radius 2 is 1.77 bits per heavy atom. The van der Waals surface area contributed by atoms with Crippen LogP contribution in [0, 0.1) is 11.6 Å². The Bertz CT molecular complexity index is 965. The van der Waals surface area contributed by atoms with Gasteiger partial charge in [0.1, 0.15) is 11.6 Å². The number of benzene rings is 2. The van der Waals surface area contributed by atoms with E-state index in [9.17, 15) is 13.6 Å². The Hall–Kier alpha value is -2.02. The lowest BCUT2D eigenvalue weighted by atomic mass is 10.1. The summed E-state index contributed by atoms with van der Waals surface area (Å²) in [6.07, 6.45) is 1.54. The lowest BCUT2D eigenvalue weighted by molar-refractivity contribution is 0.101. The molecule has 0 aliphatic heterocycles. The number of ketones is 1. The third-order valence-electron chi connectivity index (χ3n) is 3.36. The number of carbonyl (C=O) groups excluding carboxylic acids is 1. The van der Waals surface area contributed by atoms with Crippen LogP contribution in [0.15, 0.2) is 53.8 Å². The summed E-state index contributed by atoms with van der Waals surface area (Å²) in [5, 5.41) is 1.29. The first kappa shape index (κ1) is 18.8. The van der Waals surface area contributed by atoms with Crippen LogP contribution in [-0.4, -0.2) is 21.5 Å². The van der Waals surface area contributed by atoms with Crippen LogP contribution in [-0.2, 0) is 0 Å². The number of halogens is 4. The predicted octanol–water partition coefficient (Wildman–Crippen LogP) is 5.70. The van der Waals surface area contributed by atoms with Gasteiger partial charge in [-0.2, -0.15) is 0 Å². The maximum Gasteiger partial charge on any atom is 0.188 e. The monoisotopic (exact) mass is 410 g/mol. The molecule has 0 N–H and O–H groups in total. The summed E-state index contributed by atoms with van der Waals surface area (Å²) in [7, 11) is 0. The van der Waals surface area contributed by atoms with E-state index < -0.39 is 17.4 Å². The van der Waals surface area contributed by atoms with Gasteiger partial charge in [-0.15, -0.1) is 0 Å². The van der Waals surface area contributed by atoms with Gasteiger partial charge in [0.15, 0.2) is 10.9 Å². The molecule has 0 spiro atoms. The van der Waals surface area contributed by atoms with Crippen molar-refractivity contribution in [1.82, 2.24) is 9.97 Å². The van der Waals surface area contributed by atoms with Gasteiger partial charge < -0.3 is 0 Å². The molecule has 0 saturated heterocycles. The second-order valence-electron chi connectivity index (χ2n) is 5.22. The average molecular weight is 411 g/mol. The van der Waals surface area contributed by atoms with E-state index >= 15 is 0 Å². The van der Waals surface area contributed by atoms with E-state index in [1.165, 1.54) is 0 Å². The molecule has 0 saturated carbocycles. The molecule has 1 heterocycles. The van der Waals surface area contributed by atoms with E-state index in [0.29, 0.717) is 32.5 Å². The van der Waals surface area contributed by atoms with Gasteiger partial charge in [-0.25, -0.2) is 18.7 Å². The molecular weight excluding hydrogens is 401 g/mol. The van der Waals surface area contributed by atoms with Crippen LogP contribution in [0.1, 0.15) is 10.4 Å². The van der Waals surface area contributed by atoms with Gasteiger partial charge in [-0.3, -0.25) is 4.79 Å². The first-order valence-electron chi connectivity index (χ1n) is 7.33. The van der Waals surface area contributed by atoms with Crippen molar-refractivity contribution in [2.75, 3.05) is 5.75 Å². The highest BCUT2D eigenvalue weighted by molar-refractivity contribution is 7.99. The lowest BCUT2D eigenvalue weighted by Crippen LogP contribution is -2.06. The molecule has 0 aliphatic carbocycles. The van der Waals surface area contributed by atoms with Crippen molar-refractivity contribution >= 4 is 40.7 Å². The summed E-state index contributed by atoms with van der Waals surface area (Å²) in [6, 6.07) is 9.57. The van der Waals surface area contributed by atoms with Gasteiger partial charge in [0.2, 0.25) is 0 Å². The number of carbonyl (C=O) groups is 1. The quantitative estimate of drug-likeness (QED) is 0.307. The number of rotatable bonds is 5. The highest BCUT2D eigenvalue weighted by Gasteiger charge is 2.14. The Morgan fingerprint density at radius 1 is 1.04 bits per heavy atom. The summed E-state index contributed by atoms with van der Waals surface area (Å²) >= 11 is 13.0. The molecule has 0 aliphatic rings. The maximum atomic E-state index is 13.7. The van der Waals surface area contributed by atoms with Gasteiger partial charge in [0.05, 0.1) is 17.0 Å². The van der Waals surface area contributed by atoms with Crippen LogP contribution in [0.2, 0.25) is 10.0 Å². The van der Waals surface area contributed by atoms with Crippen molar-refractivity contribution in [2.24, 2.45) is 0 Å². The van der Waals surface area contributed by atoms with Crippen molar-refractivity contribution in [2.45, 2.75) is 5.16 Å². The van der Waals surface area contributed by atoms with E-state index in [-0.39, 0.29) is 11.3 Å². The number of aromatic nitrogens is 2. The van der Waals surface area contributed by atoms with Crippen molar-refractivity contribution in [1.29, 1.82) is 0 Å². The molecule has 1 aromatic heterocycles. The molecule has 3 aromatic rings. The maximum absolute atomic E-state index is 13.7. The second-order valence-corrected chi connectivity index (χ2v) is 7.03. The van der Waals surface area contributed by atoms with Crippen molar-refractivity contribution in [3.8, 4) is 11.3 Å². The number of nitrogens with zero attached hydrogens (tertiary/aromatic N) is 2. The molecule has 0 unspecified atom stereocenters. The molecule has 8 heteroatoms. The summed E-state index contributed by atoms with van der Waals surface area (Å²) in [6.45, 7) is 0. The Morgan fingerprint density at radius 3 is 2.46 bits per heavy atom. The molecular formula is C18H10Cl2F2N2OS. The highest BCUT2D eigenvalue weighted by Crippen LogP contribution is 2.27. The molecule has 132 valence electrons. The fourth-order valence-electron chi connectivity index (χ4n) is 2.20. The third-order valence-corrected chi connectivity index (χ3v) is 4.65. The van der Waals surface area contributed by atoms with Crippen LogP contribution in [0.25, 0.3) is 11.3 Å². The molecule has 0 amide bonds. The van der Waals surface area contributed by atoms with E-state index in [2.05, 4.69) is 9.97 Å². The summed E-state index contributed by atoms with van der Waals surface area (Å²) < 4.78 is 26.6. The van der Waals surface area contributed by atoms with Crippen molar-refractivity contribution in [3.05, 3.63) is 75.9 Å². The Balaban J connectivity index is 1.75. The van der Waals surface area contributed by atoms with Crippen LogP contribution < -0.4 is 0 Å². The van der Waals surface area contributed by atoms with Gasteiger partial charge in [-0.1, -0.05) is 35.0 Å². The zero-order valence-electron chi connectivity index (χ0n) is 13.0. The number of thioether (sulfide) groups is 1. The minimum absolute atomic E-state index is 0.0810. The second kappa shape index (κ2) is 8.12. The molecule has 26 heavy (non-hydrogen) atoms. The highest BCUT2D eigenvalue weighted by atomic mass is 35.5. The Labute approximate surface area is 162 Å². The zero-order chi connectivity index (χ0) is 18.7. The van der Waals surface area contributed by atoms with E-state index in [4.69, 9.17) is 23.2 Å². The van der Waals surface area contributed by atoms with Crippen LogP contribution in [0.3, 0.4) is 0 Å². The fraction of sp³-hybridized carbons (Fsp3) is 0.0556. The predicted molar refractivity (Wildman–Crippen MR) is 98.9 cm³/mol.